The predicted octanol–water partition coefficient (Wildman–Crippen LogP) is 3.10. The van der Waals surface area contributed by atoms with Gasteiger partial charge in [0, 0.05) is 18.6 Å². The summed E-state index contributed by atoms with van der Waals surface area (Å²) in [6.45, 7) is 9.00. The summed E-state index contributed by atoms with van der Waals surface area (Å²) in [5.41, 5.74) is -0.374. The zero-order valence-electron chi connectivity index (χ0n) is 13.8. The fourth-order valence-corrected chi connectivity index (χ4v) is 2.81. The van der Waals surface area contributed by atoms with Crippen LogP contribution in [0, 0.1) is 11.8 Å². The zero-order chi connectivity index (χ0) is 16.0. The van der Waals surface area contributed by atoms with E-state index in [2.05, 4.69) is 12.2 Å². The van der Waals surface area contributed by atoms with E-state index >= 15 is 0 Å². The van der Waals surface area contributed by atoms with Crippen LogP contribution < -0.4 is 5.32 Å². The Morgan fingerprint density at radius 3 is 2.24 bits per heavy atom. The molecule has 1 aliphatic carbocycles. The molecule has 2 N–H and O–H groups in total. The number of carboxylic acid groups (broad SMARTS) is 1. The normalized spacial score (nSPS) is 22.7. The number of nitrogens with one attached hydrogen (secondary N) is 1. The number of carbonyl (C=O) groups is 2. The molecule has 122 valence electrons. The fraction of sp³-hybridized carbons (Fsp3) is 0.875. The van der Waals surface area contributed by atoms with Gasteiger partial charge in [-0.05, 0) is 45.4 Å². The van der Waals surface area contributed by atoms with Gasteiger partial charge in [-0.25, -0.2) is 4.79 Å². The van der Waals surface area contributed by atoms with Crippen molar-refractivity contribution >= 4 is 12.0 Å². The summed E-state index contributed by atoms with van der Waals surface area (Å²) in [7, 11) is 0. The van der Waals surface area contributed by atoms with Crippen LogP contribution in [0.3, 0.4) is 0 Å². The van der Waals surface area contributed by atoms with Crippen LogP contribution in [0.4, 0.5) is 4.79 Å². The fourth-order valence-electron chi connectivity index (χ4n) is 2.81. The first-order valence-corrected chi connectivity index (χ1v) is 7.97. The lowest BCUT2D eigenvalue weighted by molar-refractivity contribution is -0.137. The summed E-state index contributed by atoms with van der Waals surface area (Å²) >= 11 is 0. The number of amides is 2. The van der Waals surface area contributed by atoms with Crippen molar-refractivity contribution in [3.63, 3.8) is 0 Å². The van der Waals surface area contributed by atoms with Crippen molar-refractivity contribution in [1.82, 2.24) is 10.2 Å². The number of rotatable bonds is 5. The first-order chi connectivity index (χ1) is 9.70. The van der Waals surface area contributed by atoms with E-state index in [1.165, 1.54) is 25.7 Å². The minimum atomic E-state index is -0.877. The molecule has 0 atom stereocenters. The van der Waals surface area contributed by atoms with Gasteiger partial charge in [0.25, 0.3) is 0 Å². The van der Waals surface area contributed by atoms with Crippen molar-refractivity contribution in [3.8, 4) is 0 Å². The lowest BCUT2D eigenvalue weighted by atomic mass is 9.83. The van der Waals surface area contributed by atoms with Crippen LogP contribution in [0.5, 0.6) is 0 Å². The predicted molar refractivity (Wildman–Crippen MR) is 83.2 cm³/mol. The van der Waals surface area contributed by atoms with Gasteiger partial charge in [0.2, 0.25) is 0 Å². The first-order valence-electron chi connectivity index (χ1n) is 7.97. The molecule has 0 aromatic rings. The van der Waals surface area contributed by atoms with Crippen molar-refractivity contribution in [2.45, 2.75) is 65.3 Å². The maximum Gasteiger partial charge on any atom is 0.317 e. The molecule has 0 unspecified atom stereocenters. The quantitative estimate of drug-likeness (QED) is 0.819. The van der Waals surface area contributed by atoms with E-state index in [-0.39, 0.29) is 24.5 Å². The highest BCUT2D eigenvalue weighted by molar-refractivity contribution is 5.76. The Morgan fingerprint density at radius 1 is 1.19 bits per heavy atom. The van der Waals surface area contributed by atoms with Gasteiger partial charge in [-0.3, -0.25) is 4.79 Å². The van der Waals surface area contributed by atoms with E-state index in [0.717, 1.165) is 5.92 Å². The van der Waals surface area contributed by atoms with Crippen LogP contribution in [-0.2, 0) is 4.79 Å². The van der Waals surface area contributed by atoms with Crippen LogP contribution in [0.25, 0.3) is 0 Å². The van der Waals surface area contributed by atoms with E-state index in [1.807, 2.05) is 20.8 Å². The van der Waals surface area contributed by atoms with Gasteiger partial charge in [-0.1, -0.05) is 19.8 Å². The van der Waals surface area contributed by atoms with Crippen LogP contribution >= 0.6 is 0 Å². The number of urea groups is 1. The number of nitrogens with zero attached hydrogens (tertiary/aromatic N) is 1. The third-order valence-electron chi connectivity index (χ3n) is 4.28. The molecule has 0 bridgehead atoms. The largest absolute Gasteiger partial charge is 0.481 e. The molecule has 0 heterocycles. The SMILES string of the molecule is CC1CCC(CNC(=O)N(CCC(=O)O)C(C)(C)C)CC1. The highest BCUT2D eigenvalue weighted by Crippen LogP contribution is 2.27. The Kier molecular flexibility index (Phi) is 6.49. The molecular weight excluding hydrogens is 268 g/mol. The van der Waals surface area contributed by atoms with Gasteiger partial charge < -0.3 is 15.3 Å². The summed E-state index contributed by atoms with van der Waals surface area (Å²) in [5, 5.41) is 11.8. The molecule has 1 fully saturated rings. The Bertz CT molecular complexity index is 355. The van der Waals surface area contributed by atoms with Crippen molar-refractivity contribution in [2.24, 2.45) is 11.8 Å². The smallest absolute Gasteiger partial charge is 0.317 e. The van der Waals surface area contributed by atoms with E-state index in [1.54, 1.807) is 4.90 Å². The second kappa shape index (κ2) is 7.66. The van der Waals surface area contributed by atoms with Crippen molar-refractivity contribution in [1.29, 1.82) is 0 Å². The molecule has 21 heavy (non-hydrogen) atoms. The van der Waals surface area contributed by atoms with Crippen molar-refractivity contribution in [2.75, 3.05) is 13.1 Å². The molecule has 1 rings (SSSR count). The highest BCUT2D eigenvalue weighted by Gasteiger charge is 2.27. The minimum absolute atomic E-state index is 0.0222. The molecule has 0 aromatic carbocycles. The van der Waals surface area contributed by atoms with Crippen molar-refractivity contribution in [3.05, 3.63) is 0 Å². The maximum atomic E-state index is 12.3. The van der Waals surface area contributed by atoms with Crippen LogP contribution in [0.1, 0.15) is 59.8 Å². The van der Waals surface area contributed by atoms with Crippen LogP contribution in [0.15, 0.2) is 0 Å². The van der Waals surface area contributed by atoms with Crippen molar-refractivity contribution < 1.29 is 14.7 Å². The van der Waals surface area contributed by atoms with Gasteiger partial charge in [-0.15, -0.1) is 0 Å². The van der Waals surface area contributed by atoms with Gasteiger partial charge in [0.15, 0.2) is 0 Å². The van der Waals surface area contributed by atoms with E-state index < -0.39 is 5.97 Å². The van der Waals surface area contributed by atoms with E-state index in [0.29, 0.717) is 12.5 Å². The molecule has 0 aliphatic heterocycles. The van der Waals surface area contributed by atoms with Gasteiger partial charge in [0.05, 0.1) is 6.42 Å². The molecule has 5 heteroatoms. The summed E-state index contributed by atoms with van der Waals surface area (Å²) in [6.07, 6.45) is 4.80. The number of carbonyl (C=O) groups excluding carboxylic acids is 1. The molecule has 0 saturated heterocycles. The molecular formula is C16H30N2O3. The number of aliphatic carboxylic acids is 1. The monoisotopic (exact) mass is 298 g/mol. The third kappa shape index (κ3) is 6.36. The summed E-state index contributed by atoms with van der Waals surface area (Å²) < 4.78 is 0. The molecule has 0 radical (unpaired) electrons. The molecule has 5 nitrogen and oxygen atoms in total. The lowest BCUT2D eigenvalue weighted by Gasteiger charge is -2.36. The number of hydrogen-bond donors (Lipinski definition) is 2. The Morgan fingerprint density at radius 2 is 1.76 bits per heavy atom. The van der Waals surface area contributed by atoms with Gasteiger partial charge in [0.1, 0.15) is 0 Å². The standard InChI is InChI=1S/C16H30N2O3/c1-12-5-7-13(8-6-12)11-17-15(21)18(16(2,3)4)10-9-14(19)20/h12-13H,5-11H2,1-4H3,(H,17,21)(H,19,20). The highest BCUT2D eigenvalue weighted by atomic mass is 16.4. The summed E-state index contributed by atoms with van der Waals surface area (Å²) in [4.78, 5) is 24.7. The molecule has 1 aliphatic rings. The first kappa shape index (κ1) is 17.8. The van der Waals surface area contributed by atoms with E-state index in [4.69, 9.17) is 5.11 Å². The van der Waals surface area contributed by atoms with Gasteiger partial charge in [-0.2, -0.15) is 0 Å². The topological polar surface area (TPSA) is 69.6 Å². The number of hydrogen-bond acceptors (Lipinski definition) is 2. The van der Waals surface area contributed by atoms with Gasteiger partial charge >= 0.3 is 12.0 Å². The average Bonchev–Trinajstić information content (AvgIpc) is 2.36. The minimum Gasteiger partial charge on any atom is -0.481 e. The molecule has 1 saturated carbocycles. The Hall–Kier alpha value is -1.26. The maximum absolute atomic E-state index is 12.3. The Labute approximate surface area is 128 Å². The molecule has 2 amide bonds. The molecule has 0 spiro atoms. The third-order valence-corrected chi connectivity index (χ3v) is 4.28. The second-order valence-corrected chi connectivity index (χ2v) is 7.28. The Balaban J connectivity index is 2.46. The summed E-state index contributed by atoms with van der Waals surface area (Å²) in [5.74, 6) is 0.489. The second-order valence-electron chi connectivity index (χ2n) is 7.28. The average molecular weight is 298 g/mol. The van der Waals surface area contributed by atoms with E-state index in [9.17, 15) is 9.59 Å². The van der Waals surface area contributed by atoms with Crippen LogP contribution in [-0.4, -0.2) is 40.6 Å². The van der Waals surface area contributed by atoms with Crippen LogP contribution in [0.2, 0.25) is 0 Å². The molecule has 0 aromatic heterocycles. The lowest BCUT2D eigenvalue weighted by Crippen LogP contribution is -2.52. The summed E-state index contributed by atoms with van der Waals surface area (Å²) in [6, 6.07) is -0.151. The number of carboxylic acids is 1. The zero-order valence-corrected chi connectivity index (χ0v) is 13.8.